The summed E-state index contributed by atoms with van der Waals surface area (Å²) in [5, 5.41) is 2.31. The number of imide groups is 1. The van der Waals surface area contributed by atoms with Gasteiger partial charge in [-0.25, -0.2) is 0 Å². The fourth-order valence-electron chi connectivity index (χ4n) is 2.36. The standard InChI is InChI=1S/C18H16N2O4S/c1-12-7-10-24-15(12)16(21)19-8-9-20-17(22)14(25-18(20)23)11-13-5-3-2-4-6-13/h2-7,10-11H,8-9H2,1H3,(H,19,21)/b14-11-. The average molecular weight is 356 g/mol. The molecule has 0 saturated carbocycles. The van der Waals surface area contributed by atoms with Crippen LogP contribution in [-0.4, -0.2) is 35.0 Å². The van der Waals surface area contributed by atoms with Gasteiger partial charge in [0.15, 0.2) is 5.76 Å². The summed E-state index contributed by atoms with van der Waals surface area (Å²) in [5.74, 6) is -0.477. The van der Waals surface area contributed by atoms with E-state index in [1.807, 2.05) is 30.3 Å². The molecule has 7 heteroatoms. The van der Waals surface area contributed by atoms with Gasteiger partial charge in [0, 0.05) is 18.7 Å². The lowest BCUT2D eigenvalue weighted by atomic mass is 10.2. The van der Waals surface area contributed by atoms with Crippen molar-refractivity contribution in [3.8, 4) is 0 Å². The Bertz CT molecular complexity index is 842. The van der Waals surface area contributed by atoms with Crippen molar-refractivity contribution in [2.45, 2.75) is 6.92 Å². The topological polar surface area (TPSA) is 79.6 Å². The van der Waals surface area contributed by atoms with Crippen LogP contribution in [0.5, 0.6) is 0 Å². The van der Waals surface area contributed by atoms with Crippen molar-refractivity contribution in [3.63, 3.8) is 0 Å². The van der Waals surface area contributed by atoms with Gasteiger partial charge in [-0.2, -0.15) is 0 Å². The maximum absolute atomic E-state index is 12.4. The Hall–Kier alpha value is -2.80. The average Bonchev–Trinajstić information content (AvgIpc) is 3.14. The van der Waals surface area contributed by atoms with Gasteiger partial charge in [-0.05, 0) is 36.4 Å². The number of nitrogens with zero attached hydrogens (tertiary/aromatic N) is 1. The van der Waals surface area contributed by atoms with Crippen molar-refractivity contribution in [3.05, 3.63) is 64.5 Å². The van der Waals surface area contributed by atoms with Gasteiger partial charge in [-0.15, -0.1) is 0 Å². The zero-order valence-corrected chi connectivity index (χ0v) is 14.3. The Balaban J connectivity index is 1.59. The van der Waals surface area contributed by atoms with Crippen LogP contribution < -0.4 is 5.32 Å². The number of benzene rings is 1. The summed E-state index contributed by atoms with van der Waals surface area (Å²) in [6.45, 7) is 2.04. The molecule has 1 aliphatic rings. The van der Waals surface area contributed by atoms with Crippen LogP contribution in [0, 0.1) is 6.92 Å². The molecular weight excluding hydrogens is 340 g/mol. The molecule has 2 aromatic rings. The molecule has 6 nitrogen and oxygen atoms in total. The lowest BCUT2D eigenvalue weighted by molar-refractivity contribution is -0.122. The van der Waals surface area contributed by atoms with Crippen LogP contribution in [0.2, 0.25) is 0 Å². The molecule has 0 spiro atoms. The number of hydrogen-bond donors (Lipinski definition) is 1. The SMILES string of the molecule is Cc1ccoc1C(=O)NCCN1C(=O)S/C(=C\c2ccccc2)C1=O. The van der Waals surface area contributed by atoms with Crippen LogP contribution in [0.3, 0.4) is 0 Å². The van der Waals surface area contributed by atoms with E-state index in [4.69, 9.17) is 4.42 Å². The summed E-state index contributed by atoms with van der Waals surface area (Å²) in [5.41, 5.74) is 1.59. The first-order valence-electron chi connectivity index (χ1n) is 7.69. The van der Waals surface area contributed by atoms with Gasteiger partial charge < -0.3 is 9.73 Å². The fraction of sp³-hybridized carbons (Fsp3) is 0.167. The summed E-state index contributed by atoms with van der Waals surface area (Å²) in [4.78, 5) is 37.9. The van der Waals surface area contributed by atoms with E-state index in [1.54, 1.807) is 19.1 Å². The first-order chi connectivity index (χ1) is 12.1. The summed E-state index contributed by atoms with van der Waals surface area (Å²) in [6.07, 6.45) is 3.13. The van der Waals surface area contributed by atoms with E-state index >= 15 is 0 Å². The second-order valence-corrected chi connectivity index (χ2v) is 6.43. The highest BCUT2D eigenvalue weighted by Crippen LogP contribution is 2.31. The predicted molar refractivity (Wildman–Crippen MR) is 94.9 cm³/mol. The van der Waals surface area contributed by atoms with Gasteiger partial charge in [-0.1, -0.05) is 30.3 Å². The highest BCUT2D eigenvalue weighted by atomic mass is 32.2. The van der Waals surface area contributed by atoms with Crippen molar-refractivity contribution in [2.75, 3.05) is 13.1 Å². The summed E-state index contributed by atoms with van der Waals surface area (Å²) in [7, 11) is 0. The van der Waals surface area contributed by atoms with Crippen LogP contribution in [0.4, 0.5) is 4.79 Å². The van der Waals surface area contributed by atoms with E-state index in [-0.39, 0.29) is 35.9 Å². The molecule has 25 heavy (non-hydrogen) atoms. The fourth-order valence-corrected chi connectivity index (χ4v) is 3.23. The summed E-state index contributed by atoms with van der Waals surface area (Å²) >= 11 is 0.903. The van der Waals surface area contributed by atoms with Gasteiger partial charge in [0.1, 0.15) is 0 Å². The predicted octanol–water partition coefficient (Wildman–Crippen LogP) is 3.05. The quantitative estimate of drug-likeness (QED) is 0.833. The Labute approximate surface area is 148 Å². The Kier molecular flexibility index (Phi) is 5.04. The van der Waals surface area contributed by atoms with Crippen molar-refractivity contribution in [1.82, 2.24) is 10.2 Å². The smallest absolute Gasteiger partial charge is 0.293 e. The number of aryl methyl sites for hydroxylation is 1. The number of thioether (sulfide) groups is 1. The van der Waals surface area contributed by atoms with E-state index < -0.39 is 0 Å². The molecule has 1 saturated heterocycles. The number of furan rings is 1. The molecule has 3 amide bonds. The van der Waals surface area contributed by atoms with E-state index in [1.165, 1.54) is 6.26 Å². The van der Waals surface area contributed by atoms with Crippen molar-refractivity contribution < 1.29 is 18.8 Å². The van der Waals surface area contributed by atoms with E-state index in [9.17, 15) is 14.4 Å². The number of carbonyl (C=O) groups excluding carboxylic acids is 3. The lowest BCUT2D eigenvalue weighted by Gasteiger charge is -2.12. The third-order valence-corrected chi connectivity index (χ3v) is 4.57. The molecule has 2 heterocycles. The Morgan fingerprint density at radius 1 is 1.24 bits per heavy atom. The minimum atomic E-state index is -0.366. The molecule has 1 fully saturated rings. The second kappa shape index (κ2) is 7.40. The number of amides is 3. The van der Waals surface area contributed by atoms with E-state index in [2.05, 4.69) is 5.32 Å². The molecule has 1 aromatic heterocycles. The van der Waals surface area contributed by atoms with Crippen molar-refractivity contribution in [1.29, 1.82) is 0 Å². The first kappa shape index (κ1) is 17.0. The van der Waals surface area contributed by atoms with Crippen LogP contribution in [0.25, 0.3) is 6.08 Å². The Morgan fingerprint density at radius 2 is 2.00 bits per heavy atom. The second-order valence-electron chi connectivity index (χ2n) is 5.43. The molecule has 3 rings (SSSR count). The molecule has 0 unspecified atom stereocenters. The number of hydrogen-bond acceptors (Lipinski definition) is 5. The number of rotatable bonds is 5. The maximum atomic E-state index is 12.4. The summed E-state index contributed by atoms with van der Waals surface area (Å²) < 4.78 is 5.10. The molecule has 0 radical (unpaired) electrons. The molecule has 1 aliphatic heterocycles. The summed E-state index contributed by atoms with van der Waals surface area (Å²) in [6, 6.07) is 11.0. The zero-order valence-electron chi connectivity index (χ0n) is 13.5. The van der Waals surface area contributed by atoms with Crippen LogP contribution in [0.1, 0.15) is 21.7 Å². The lowest BCUT2D eigenvalue weighted by Crippen LogP contribution is -2.37. The van der Waals surface area contributed by atoms with Gasteiger partial charge in [0.2, 0.25) is 0 Å². The highest BCUT2D eigenvalue weighted by Gasteiger charge is 2.34. The van der Waals surface area contributed by atoms with Gasteiger partial charge >= 0.3 is 0 Å². The van der Waals surface area contributed by atoms with Crippen LogP contribution >= 0.6 is 11.8 Å². The third kappa shape index (κ3) is 3.83. The largest absolute Gasteiger partial charge is 0.459 e. The van der Waals surface area contributed by atoms with Gasteiger partial charge in [0.05, 0.1) is 11.2 Å². The number of nitrogens with one attached hydrogen (secondary N) is 1. The minimum Gasteiger partial charge on any atom is -0.459 e. The first-order valence-corrected chi connectivity index (χ1v) is 8.50. The van der Waals surface area contributed by atoms with E-state index in [0.717, 1.165) is 27.8 Å². The maximum Gasteiger partial charge on any atom is 0.293 e. The zero-order chi connectivity index (χ0) is 17.8. The van der Waals surface area contributed by atoms with Crippen molar-refractivity contribution in [2.24, 2.45) is 0 Å². The van der Waals surface area contributed by atoms with Gasteiger partial charge in [-0.3, -0.25) is 19.3 Å². The van der Waals surface area contributed by atoms with Crippen LogP contribution in [-0.2, 0) is 4.79 Å². The minimum absolute atomic E-state index is 0.113. The Morgan fingerprint density at radius 3 is 2.68 bits per heavy atom. The molecule has 1 aromatic carbocycles. The third-order valence-electron chi connectivity index (χ3n) is 3.66. The highest BCUT2D eigenvalue weighted by molar-refractivity contribution is 8.18. The van der Waals surface area contributed by atoms with Crippen LogP contribution in [0.15, 0.2) is 52.0 Å². The van der Waals surface area contributed by atoms with Crippen molar-refractivity contribution >= 4 is 34.9 Å². The molecule has 0 bridgehead atoms. The molecule has 128 valence electrons. The molecule has 0 aliphatic carbocycles. The van der Waals surface area contributed by atoms with E-state index in [0.29, 0.717) is 4.91 Å². The van der Waals surface area contributed by atoms with Gasteiger partial charge in [0.25, 0.3) is 17.1 Å². The monoisotopic (exact) mass is 356 g/mol. The normalized spacial score (nSPS) is 15.9. The molecule has 0 atom stereocenters. The molecule has 1 N–H and O–H groups in total. The molecular formula is C18H16N2O4S. The number of carbonyl (C=O) groups is 3.